The maximum atomic E-state index is 9.24. The van der Waals surface area contributed by atoms with Crippen LogP contribution in [-0.4, -0.2) is 48.4 Å². The molecule has 0 aliphatic heterocycles. The van der Waals surface area contributed by atoms with Crippen LogP contribution in [0.15, 0.2) is 0 Å². The molecule has 0 unspecified atom stereocenters. The number of aliphatic hydroxyl groups excluding tert-OH is 3. The van der Waals surface area contributed by atoms with Crippen molar-refractivity contribution in [3.05, 3.63) is 0 Å². The summed E-state index contributed by atoms with van der Waals surface area (Å²) in [6.45, 7) is 2.39. The zero-order valence-corrected chi connectivity index (χ0v) is 19.5. The Hall–Kier alpha value is -0.160. The molecule has 0 aromatic carbocycles. The van der Waals surface area contributed by atoms with Crippen LogP contribution in [0.1, 0.15) is 122 Å². The molecule has 0 amide bonds. The molecule has 0 spiro atoms. The summed E-state index contributed by atoms with van der Waals surface area (Å²) in [5.41, 5.74) is -0.895. The highest BCUT2D eigenvalue weighted by Gasteiger charge is 2.28. The molecule has 0 aliphatic rings. The standard InChI is InChI=1S/C25H52O4/c1-2-3-4-5-6-7-8-9-10-11-12-13-14-15-16-17-18-19-20-29-24-25(21-26,22-27)23-28/h26-28H,2-24H2,1H3. The summed E-state index contributed by atoms with van der Waals surface area (Å²) in [5, 5.41) is 27.7. The number of unbranched alkanes of at least 4 members (excludes halogenated alkanes) is 17. The number of rotatable bonds is 24. The highest BCUT2D eigenvalue weighted by molar-refractivity contribution is 4.76. The van der Waals surface area contributed by atoms with Crippen LogP contribution in [0.4, 0.5) is 0 Å². The third-order valence-corrected chi connectivity index (χ3v) is 6.06. The van der Waals surface area contributed by atoms with Crippen LogP contribution in [0.3, 0.4) is 0 Å². The van der Waals surface area contributed by atoms with E-state index in [1.54, 1.807) is 0 Å². The molecule has 0 bridgehead atoms. The van der Waals surface area contributed by atoms with E-state index in [1.165, 1.54) is 109 Å². The van der Waals surface area contributed by atoms with Gasteiger partial charge in [-0.3, -0.25) is 0 Å². The van der Waals surface area contributed by atoms with E-state index in [0.717, 1.165) is 6.42 Å². The fourth-order valence-corrected chi connectivity index (χ4v) is 3.68. The van der Waals surface area contributed by atoms with Crippen molar-refractivity contribution in [2.75, 3.05) is 33.0 Å². The molecule has 0 saturated carbocycles. The van der Waals surface area contributed by atoms with E-state index in [-0.39, 0.29) is 26.4 Å². The van der Waals surface area contributed by atoms with Crippen LogP contribution in [0.5, 0.6) is 0 Å². The normalized spacial score (nSPS) is 12.0. The summed E-state index contributed by atoms with van der Waals surface area (Å²) in [7, 11) is 0. The molecule has 3 N–H and O–H groups in total. The predicted molar refractivity (Wildman–Crippen MR) is 123 cm³/mol. The van der Waals surface area contributed by atoms with Crippen LogP contribution >= 0.6 is 0 Å². The number of ether oxygens (including phenoxy) is 1. The number of hydrogen-bond acceptors (Lipinski definition) is 4. The van der Waals surface area contributed by atoms with Crippen molar-refractivity contribution in [1.82, 2.24) is 0 Å². The van der Waals surface area contributed by atoms with Gasteiger partial charge < -0.3 is 20.1 Å². The van der Waals surface area contributed by atoms with Gasteiger partial charge in [0, 0.05) is 6.61 Å². The summed E-state index contributed by atoms with van der Waals surface area (Å²) in [6, 6.07) is 0. The maximum absolute atomic E-state index is 9.24. The number of hydrogen-bond donors (Lipinski definition) is 3. The summed E-state index contributed by atoms with van der Waals surface area (Å²) >= 11 is 0. The molecule has 0 aliphatic carbocycles. The van der Waals surface area contributed by atoms with Gasteiger partial charge >= 0.3 is 0 Å². The summed E-state index contributed by atoms with van der Waals surface area (Å²) in [4.78, 5) is 0. The third kappa shape index (κ3) is 18.3. The van der Waals surface area contributed by atoms with Gasteiger partial charge in [-0.1, -0.05) is 116 Å². The summed E-state index contributed by atoms with van der Waals surface area (Å²) in [5.74, 6) is 0. The Morgan fingerprint density at radius 3 is 1.10 bits per heavy atom. The third-order valence-electron chi connectivity index (χ3n) is 6.06. The lowest BCUT2D eigenvalue weighted by atomic mass is 9.93. The van der Waals surface area contributed by atoms with Crippen LogP contribution in [-0.2, 0) is 4.74 Å². The molecule has 0 radical (unpaired) electrons. The van der Waals surface area contributed by atoms with Crippen LogP contribution in [0.25, 0.3) is 0 Å². The lowest BCUT2D eigenvalue weighted by molar-refractivity contribution is -0.0582. The van der Waals surface area contributed by atoms with Crippen LogP contribution in [0, 0.1) is 5.41 Å². The van der Waals surface area contributed by atoms with E-state index in [2.05, 4.69) is 6.92 Å². The van der Waals surface area contributed by atoms with E-state index in [1.807, 2.05) is 0 Å². The molecule has 0 fully saturated rings. The Kier molecular flexibility index (Phi) is 22.4. The quantitative estimate of drug-likeness (QED) is 0.169. The molecule has 0 rings (SSSR count). The first-order chi connectivity index (χ1) is 14.2. The van der Waals surface area contributed by atoms with E-state index < -0.39 is 5.41 Å². The van der Waals surface area contributed by atoms with E-state index in [9.17, 15) is 15.3 Å². The minimum absolute atomic E-state index is 0.218. The monoisotopic (exact) mass is 416 g/mol. The van der Waals surface area contributed by atoms with E-state index >= 15 is 0 Å². The fourth-order valence-electron chi connectivity index (χ4n) is 3.68. The van der Waals surface area contributed by atoms with Crippen molar-refractivity contribution in [2.24, 2.45) is 5.41 Å². The van der Waals surface area contributed by atoms with Gasteiger partial charge in [0.25, 0.3) is 0 Å². The smallest absolute Gasteiger partial charge is 0.0629 e. The van der Waals surface area contributed by atoms with Crippen molar-refractivity contribution in [2.45, 2.75) is 122 Å². The van der Waals surface area contributed by atoms with Gasteiger partial charge in [0.05, 0.1) is 31.8 Å². The van der Waals surface area contributed by atoms with Gasteiger partial charge in [0.2, 0.25) is 0 Å². The Balaban J connectivity index is 3.17. The first-order valence-corrected chi connectivity index (χ1v) is 12.6. The Bertz CT molecular complexity index is 297. The number of aliphatic hydroxyl groups is 3. The van der Waals surface area contributed by atoms with Gasteiger partial charge in [0.1, 0.15) is 0 Å². The lowest BCUT2D eigenvalue weighted by Crippen LogP contribution is -2.38. The van der Waals surface area contributed by atoms with Gasteiger partial charge in [-0.2, -0.15) is 0 Å². The minimum Gasteiger partial charge on any atom is -0.396 e. The van der Waals surface area contributed by atoms with E-state index in [4.69, 9.17) is 4.74 Å². The van der Waals surface area contributed by atoms with Gasteiger partial charge in [0.15, 0.2) is 0 Å². The van der Waals surface area contributed by atoms with Crippen molar-refractivity contribution < 1.29 is 20.1 Å². The maximum Gasteiger partial charge on any atom is 0.0629 e. The molecule has 0 aromatic rings. The SMILES string of the molecule is CCCCCCCCCCCCCCCCCCCCOCC(CO)(CO)CO. The first kappa shape index (κ1) is 28.8. The molecule has 0 heterocycles. The molecule has 29 heavy (non-hydrogen) atoms. The predicted octanol–water partition coefficient (Wildman–Crippen LogP) is 6.01. The van der Waals surface area contributed by atoms with Crippen molar-refractivity contribution >= 4 is 0 Å². The van der Waals surface area contributed by atoms with Gasteiger partial charge in [-0.15, -0.1) is 0 Å². The topological polar surface area (TPSA) is 69.9 Å². The van der Waals surface area contributed by atoms with Gasteiger partial charge in [-0.25, -0.2) is 0 Å². The first-order valence-electron chi connectivity index (χ1n) is 12.6. The molecular weight excluding hydrogens is 364 g/mol. The highest BCUT2D eigenvalue weighted by Crippen LogP contribution is 2.16. The molecule has 0 atom stereocenters. The molecule has 0 aromatic heterocycles. The molecule has 176 valence electrons. The second-order valence-electron chi connectivity index (χ2n) is 9.04. The largest absolute Gasteiger partial charge is 0.396 e. The molecular formula is C25H52O4. The summed E-state index contributed by atoms with van der Waals surface area (Å²) < 4.78 is 5.52. The van der Waals surface area contributed by atoms with Crippen LogP contribution in [0.2, 0.25) is 0 Å². The molecule has 0 saturated heterocycles. The highest BCUT2D eigenvalue weighted by atomic mass is 16.5. The van der Waals surface area contributed by atoms with Crippen molar-refractivity contribution in [1.29, 1.82) is 0 Å². The van der Waals surface area contributed by atoms with Crippen LogP contribution < -0.4 is 0 Å². The van der Waals surface area contributed by atoms with Crippen molar-refractivity contribution in [3.63, 3.8) is 0 Å². The Morgan fingerprint density at radius 2 is 0.793 bits per heavy atom. The molecule has 4 nitrogen and oxygen atoms in total. The average Bonchev–Trinajstić information content (AvgIpc) is 2.75. The zero-order valence-electron chi connectivity index (χ0n) is 19.5. The zero-order chi connectivity index (χ0) is 21.5. The van der Waals surface area contributed by atoms with Crippen molar-refractivity contribution in [3.8, 4) is 0 Å². The fraction of sp³-hybridized carbons (Fsp3) is 1.00. The lowest BCUT2D eigenvalue weighted by Gasteiger charge is -2.26. The Morgan fingerprint density at radius 1 is 0.483 bits per heavy atom. The summed E-state index contributed by atoms with van der Waals surface area (Å²) in [6.07, 6.45) is 24.5. The second kappa shape index (κ2) is 22.5. The molecule has 4 heteroatoms. The minimum atomic E-state index is -0.895. The van der Waals surface area contributed by atoms with E-state index in [0.29, 0.717) is 6.61 Å². The Labute approximate surface area is 181 Å². The average molecular weight is 417 g/mol. The second-order valence-corrected chi connectivity index (χ2v) is 9.04. The van der Waals surface area contributed by atoms with Gasteiger partial charge in [-0.05, 0) is 6.42 Å².